The number of ketones is 1. The Hall–Kier alpha value is -4.66. The van der Waals surface area contributed by atoms with Gasteiger partial charge in [-0.15, -0.1) is 0 Å². The maximum absolute atomic E-state index is 13.7. The Kier molecular flexibility index (Phi) is 4.73. The molecule has 178 valence electrons. The van der Waals surface area contributed by atoms with Gasteiger partial charge in [-0.3, -0.25) is 4.79 Å². The molecule has 3 aromatic heterocycles. The van der Waals surface area contributed by atoms with E-state index >= 15 is 0 Å². The zero-order valence-electron chi connectivity index (χ0n) is 19.3. The molecule has 1 aliphatic carbocycles. The summed E-state index contributed by atoms with van der Waals surface area (Å²) in [5.41, 5.74) is 4.37. The van der Waals surface area contributed by atoms with E-state index in [4.69, 9.17) is 8.94 Å². The minimum absolute atomic E-state index is 0.0363. The van der Waals surface area contributed by atoms with Gasteiger partial charge in [-0.25, -0.2) is 9.97 Å². The number of hydrogen-bond acceptors (Lipinski definition) is 9. The number of carbonyl (C=O) groups excluding carboxylic acids is 1. The number of nitrogens with one attached hydrogen (secondary N) is 1. The molecule has 2 aromatic carbocycles. The largest absolute Gasteiger partial charge is 0.467 e. The molecule has 1 fully saturated rings. The quantitative estimate of drug-likeness (QED) is 0.387. The molecular weight excluding hydrogens is 456 g/mol. The monoisotopic (exact) mass is 478 g/mol. The van der Waals surface area contributed by atoms with Crippen molar-refractivity contribution in [3.63, 3.8) is 0 Å². The molecule has 5 aromatic rings. The zero-order chi connectivity index (χ0) is 24.1. The number of hydrogen-bond donors (Lipinski definition) is 1. The van der Waals surface area contributed by atoms with E-state index < -0.39 is 0 Å². The van der Waals surface area contributed by atoms with Crippen molar-refractivity contribution < 1.29 is 13.7 Å². The second-order valence-corrected chi connectivity index (χ2v) is 8.88. The van der Waals surface area contributed by atoms with E-state index in [9.17, 15) is 4.79 Å². The zero-order valence-corrected chi connectivity index (χ0v) is 19.3. The highest BCUT2D eigenvalue weighted by atomic mass is 16.5. The predicted molar refractivity (Wildman–Crippen MR) is 135 cm³/mol. The van der Waals surface area contributed by atoms with Gasteiger partial charge in [0.05, 0.1) is 29.4 Å². The van der Waals surface area contributed by atoms with Crippen LogP contribution in [-0.2, 0) is 6.54 Å². The van der Waals surface area contributed by atoms with E-state index in [-0.39, 0.29) is 5.78 Å². The van der Waals surface area contributed by atoms with Crippen LogP contribution in [0, 0.1) is 0 Å². The molecule has 0 radical (unpaired) electrons. The lowest BCUT2D eigenvalue weighted by atomic mass is 9.86. The molecule has 0 bridgehead atoms. The molecule has 36 heavy (non-hydrogen) atoms. The Labute approximate surface area is 206 Å². The second kappa shape index (κ2) is 8.23. The van der Waals surface area contributed by atoms with Gasteiger partial charge in [-0.1, -0.05) is 29.4 Å². The fourth-order valence-corrected chi connectivity index (χ4v) is 5.12. The highest BCUT2D eigenvalue weighted by molar-refractivity contribution is 6.28. The third kappa shape index (κ3) is 3.24. The van der Waals surface area contributed by atoms with Crippen molar-refractivity contribution >= 4 is 34.0 Å². The summed E-state index contributed by atoms with van der Waals surface area (Å²) in [5.74, 6) is 2.12. The number of fused-ring (bicyclic) bond motifs is 2. The topological polar surface area (TPSA) is 101 Å². The summed E-state index contributed by atoms with van der Waals surface area (Å²) in [7, 11) is 0. The summed E-state index contributed by atoms with van der Waals surface area (Å²) in [4.78, 5) is 26.9. The normalized spacial score (nSPS) is 14.8. The van der Waals surface area contributed by atoms with Gasteiger partial charge < -0.3 is 24.1 Å². The molecule has 0 unspecified atom stereocenters. The molecular formula is C27H22N6O3. The van der Waals surface area contributed by atoms with Crippen molar-refractivity contribution in [2.75, 3.05) is 41.3 Å². The maximum atomic E-state index is 13.7. The number of rotatable bonds is 5. The molecule has 1 saturated heterocycles. The molecule has 2 aliphatic rings. The van der Waals surface area contributed by atoms with Gasteiger partial charge >= 0.3 is 0 Å². The van der Waals surface area contributed by atoms with Crippen molar-refractivity contribution in [3.8, 4) is 11.3 Å². The number of furan rings is 1. The second-order valence-electron chi connectivity index (χ2n) is 8.88. The summed E-state index contributed by atoms with van der Waals surface area (Å²) in [6.45, 7) is 3.53. The summed E-state index contributed by atoms with van der Waals surface area (Å²) in [6.07, 6.45) is 5.17. The number of nitrogens with zero attached hydrogens (tertiary/aromatic N) is 5. The fourth-order valence-electron chi connectivity index (χ4n) is 5.12. The molecule has 0 atom stereocenters. The Bertz CT molecular complexity index is 1570. The van der Waals surface area contributed by atoms with Crippen LogP contribution in [-0.4, -0.2) is 47.1 Å². The van der Waals surface area contributed by atoms with Crippen molar-refractivity contribution in [2.24, 2.45) is 0 Å². The third-order valence-electron chi connectivity index (χ3n) is 6.87. The summed E-state index contributed by atoms with van der Waals surface area (Å²) in [6, 6.07) is 15.1. The number of benzene rings is 2. The van der Waals surface area contributed by atoms with Crippen LogP contribution in [0.25, 0.3) is 22.2 Å². The van der Waals surface area contributed by atoms with Gasteiger partial charge in [0.1, 0.15) is 11.3 Å². The summed E-state index contributed by atoms with van der Waals surface area (Å²) >= 11 is 0. The van der Waals surface area contributed by atoms with Crippen LogP contribution in [0.15, 0.2) is 76.1 Å². The first-order valence-electron chi connectivity index (χ1n) is 11.9. The molecule has 4 heterocycles. The number of anilines is 3. The van der Waals surface area contributed by atoms with Gasteiger partial charge in [-0.05, 0) is 24.3 Å². The standard InChI is InChI=1S/C27H22N6O3/c34-25-18-6-1-2-7-19(18)26-23-22(25)20(30-16-17-5-3-14-35-17)15-21(24(23)31-36-26)32-10-12-33(13-11-32)27-28-8-4-9-29-27/h1-9,14-15,30H,10-13,16H2. The van der Waals surface area contributed by atoms with Crippen LogP contribution in [0.4, 0.5) is 17.3 Å². The van der Waals surface area contributed by atoms with E-state index in [1.807, 2.05) is 48.5 Å². The molecule has 9 nitrogen and oxygen atoms in total. The van der Waals surface area contributed by atoms with E-state index in [0.29, 0.717) is 28.9 Å². The molecule has 9 heteroatoms. The van der Waals surface area contributed by atoms with Crippen LogP contribution in [0.5, 0.6) is 0 Å². The first kappa shape index (κ1) is 20.7. The first-order valence-corrected chi connectivity index (χ1v) is 11.9. The molecule has 0 amide bonds. The minimum atomic E-state index is -0.0363. The number of aromatic nitrogens is 3. The molecule has 7 rings (SSSR count). The van der Waals surface area contributed by atoms with Gasteiger partial charge in [-0.2, -0.15) is 0 Å². The fraction of sp³-hybridized carbons (Fsp3) is 0.185. The Balaban J connectivity index is 1.31. The van der Waals surface area contributed by atoms with Crippen molar-refractivity contribution in [1.29, 1.82) is 0 Å². The SMILES string of the molecule is O=C1c2ccccc2-c2onc3c(N4CCN(c5ncccn5)CC4)cc(NCc4ccco4)c1c23. The van der Waals surface area contributed by atoms with Crippen molar-refractivity contribution in [1.82, 2.24) is 15.1 Å². The van der Waals surface area contributed by atoms with E-state index in [0.717, 1.165) is 60.2 Å². The highest BCUT2D eigenvalue weighted by Crippen LogP contribution is 2.46. The average molecular weight is 479 g/mol. The van der Waals surface area contributed by atoms with Crippen molar-refractivity contribution in [3.05, 3.63) is 84.1 Å². The molecule has 1 aliphatic heterocycles. The predicted octanol–water partition coefficient (Wildman–Crippen LogP) is 4.36. The lowest BCUT2D eigenvalue weighted by molar-refractivity contribution is 0.104. The maximum Gasteiger partial charge on any atom is 0.225 e. The van der Waals surface area contributed by atoms with Crippen LogP contribution >= 0.6 is 0 Å². The molecule has 0 saturated carbocycles. The van der Waals surface area contributed by atoms with Gasteiger partial charge in [0.15, 0.2) is 11.5 Å². The number of carbonyl (C=O) groups is 1. The minimum Gasteiger partial charge on any atom is -0.467 e. The third-order valence-corrected chi connectivity index (χ3v) is 6.87. The van der Waals surface area contributed by atoms with E-state index in [2.05, 4.69) is 30.2 Å². The summed E-state index contributed by atoms with van der Waals surface area (Å²) in [5, 5.41) is 8.67. The lowest BCUT2D eigenvalue weighted by Crippen LogP contribution is -2.47. The van der Waals surface area contributed by atoms with E-state index in [1.165, 1.54) is 0 Å². The highest BCUT2D eigenvalue weighted by Gasteiger charge is 2.34. The Morgan fingerprint density at radius 1 is 0.917 bits per heavy atom. The van der Waals surface area contributed by atoms with Crippen molar-refractivity contribution in [2.45, 2.75) is 6.54 Å². The number of piperazine rings is 1. The van der Waals surface area contributed by atoms with Crippen LogP contribution in [0.1, 0.15) is 21.7 Å². The summed E-state index contributed by atoms with van der Waals surface area (Å²) < 4.78 is 11.4. The van der Waals surface area contributed by atoms with Crippen LogP contribution in [0.2, 0.25) is 0 Å². The van der Waals surface area contributed by atoms with Crippen LogP contribution < -0.4 is 15.1 Å². The lowest BCUT2D eigenvalue weighted by Gasteiger charge is -2.36. The molecule has 0 spiro atoms. The van der Waals surface area contributed by atoms with E-state index in [1.54, 1.807) is 18.7 Å². The smallest absolute Gasteiger partial charge is 0.225 e. The van der Waals surface area contributed by atoms with Gasteiger partial charge in [0.2, 0.25) is 5.95 Å². The van der Waals surface area contributed by atoms with Gasteiger partial charge in [0.25, 0.3) is 0 Å². The molecule has 1 N–H and O–H groups in total. The van der Waals surface area contributed by atoms with Gasteiger partial charge in [0, 0.05) is 55.4 Å². The first-order chi connectivity index (χ1) is 17.8. The Morgan fingerprint density at radius 3 is 2.47 bits per heavy atom. The van der Waals surface area contributed by atoms with Crippen LogP contribution in [0.3, 0.4) is 0 Å². The Morgan fingerprint density at radius 2 is 1.69 bits per heavy atom. The average Bonchev–Trinajstić information content (AvgIpc) is 3.62.